The van der Waals surface area contributed by atoms with Crippen LogP contribution in [0.2, 0.25) is 0 Å². The molecule has 0 amide bonds. The number of aryl methyl sites for hydroxylation is 1. The molecule has 3 heteroatoms. The molecule has 0 fully saturated rings. The Kier molecular flexibility index (Phi) is 3.69. The van der Waals surface area contributed by atoms with E-state index in [1.54, 1.807) is 6.07 Å². The Balaban J connectivity index is 2.73. The van der Waals surface area contributed by atoms with Crippen molar-refractivity contribution >= 4 is 5.69 Å². The Morgan fingerprint density at radius 2 is 2.07 bits per heavy atom. The number of halogens is 1. The lowest BCUT2D eigenvalue weighted by molar-refractivity contribution is 0.170. The molecule has 0 unspecified atom stereocenters. The minimum absolute atomic E-state index is 0.0769. The summed E-state index contributed by atoms with van der Waals surface area (Å²) in [6.07, 6.45) is 0. The Bertz CT molecular complexity index is 316. The van der Waals surface area contributed by atoms with E-state index in [1.807, 2.05) is 26.8 Å². The summed E-state index contributed by atoms with van der Waals surface area (Å²) in [5.74, 6) is -0.247. The van der Waals surface area contributed by atoms with Crippen LogP contribution < -0.4 is 5.32 Å². The molecule has 0 radical (unpaired) electrons. The summed E-state index contributed by atoms with van der Waals surface area (Å²) in [4.78, 5) is 0. The molecule has 0 aliphatic carbocycles. The largest absolute Gasteiger partial charge is 0.396 e. The quantitative estimate of drug-likeness (QED) is 0.802. The Morgan fingerprint density at radius 3 is 2.60 bits per heavy atom. The summed E-state index contributed by atoms with van der Waals surface area (Å²) < 4.78 is 13.4. The molecule has 2 nitrogen and oxygen atoms in total. The number of benzene rings is 1. The van der Waals surface area contributed by atoms with Gasteiger partial charge in [-0.1, -0.05) is 26.0 Å². The fraction of sp³-hybridized carbons (Fsp3) is 0.500. The number of aliphatic hydroxyl groups excluding tert-OH is 1. The van der Waals surface area contributed by atoms with E-state index in [1.165, 1.54) is 6.07 Å². The molecule has 15 heavy (non-hydrogen) atoms. The second-order valence-corrected chi connectivity index (χ2v) is 4.61. The maximum Gasteiger partial charge on any atom is 0.146 e. The van der Waals surface area contributed by atoms with Crippen LogP contribution in [0.15, 0.2) is 18.2 Å². The number of rotatable bonds is 4. The van der Waals surface area contributed by atoms with E-state index in [0.29, 0.717) is 12.2 Å². The number of anilines is 1. The Labute approximate surface area is 90.1 Å². The first-order valence-electron chi connectivity index (χ1n) is 5.06. The number of nitrogens with one attached hydrogen (secondary N) is 1. The van der Waals surface area contributed by atoms with Crippen molar-refractivity contribution in [2.75, 3.05) is 18.5 Å². The topological polar surface area (TPSA) is 32.3 Å². The SMILES string of the molecule is Cc1cccc(F)c1NCC(C)(C)CO. The summed E-state index contributed by atoms with van der Waals surface area (Å²) in [6.45, 7) is 6.34. The first kappa shape index (κ1) is 12.0. The van der Waals surface area contributed by atoms with E-state index >= 15 is 0 Å². The van der Waals surface area contributed by atoms with Gasteiger partial charge in [-0.2, -0.15) is 0 Å². The van der Waals surface area contributed by atoms with Crippen LogP contribution in [0, 0.1) is 18.2 Å². The lowest BCUT2D eigenvalue weighted by atomic mass is 9.95. The van der Waals surface area contributed by atoms with Crippen LogP contribution in [0.25, 0.3) is 0 Å². The number of aliphatic hydroxyl groups is 1. The number of hydrogen-bond acceptors (Lipinski definition) is 2. The summed E-state index contributed by atoms with van der Waals surface area (Å²) >= 11 is 0. The van der Waals surface area contributed by atoms with Crippen LogP contribution in [0.1, 0.15) is 19.4 Å². The monoisotopic (exact) mass is 211 g/mol. The van der Waals surface area contributed by atoms with E-state index in [9.17, 15) is 4.39 Å². The smallest absolute Gasteiger partial charge is 0.146 e. The van der Waals surface area contributed by atoms with Gasteiger partial charge in [0, 0.05) is 18.6 Å². The van der Waals surface area contributed by atoms with Crippen LogP contribution in [-0.2, 0) is 0 Å². The van der Waals surface area contributed by atoms with Crippen molar-refractivity contribution in [2.45, 2.75) is 20.8 Å². The first-order valence-corrected chi connectivity index (χ1v) is 5.06. The summed E-state index contributed by atoms with van der Waals surface area (Å²) in [7, 11) is 0. The molecular formula is C12H18FNO. The standard InChI is InChI=1S/C12H18FNO/c1-9-5-4-6-10(13)11(9)14-7-12(2,3)8-15/h4-6,14-15H,7-8H2,1-3H3. The molecule has 0 saturated heterocycles. The fourth-order valence-corrected chi connectivity index (χ4v) is 1.24. The highest BCUT2D eigenvalue weighted by atomic mass is 19.1. The van der Waals surface area contributed by atoms with Gasteiger partial charge in [0.2, 0.25) is 0 Å². The summed E-state index contributed by atoms with van der Waals surface area (Å²) in [5.41, 5.74) is 1.16. The van der Waals surface area contributed by atoms with E-state index in [4.69, 9.17) is 5.11 Å². The molecule has 1 aromatic carbocycles. The molecule has 2 N–H and O–H groups in total. The van der Waals surface area contributed by atoms with E-state index in [-0.39, 0.29) is 17.8 Å². The molecule has 0 heterocycles. The molecule has 0 atom stereocenters. The van der Waals surface area contributed by atoms with Crippen molar-refractivity contribution in [3.63, 3.8) is 0 Å². The third-order valence-corrected chi connectivity index (χ3v) is 2.39. The van der Waals surface area contributed by atoms with Gasteiger partial charge in [-0.15, -0.1) is 0 Å². The number of para-hydroxylation sites is 1. The van der Waals surface area contributed by atoms with Crippen molar-refractivity contribution in [1.29, 1.82) is 0 Å². The van der Waals surface area contributed by atoms with Gasteiger partial charge in [0.25, 0.3) is 0 Å². The maximum absolute atomic E-state index is 13.4. The van der Waals surface area contributed by atoms with Crippen LogP contribution in [0.5, 0.6) is 0 Å². The number of hydrogen-bond donors (Lipinski definition) is 2. The highest BCUT2D eigenvalue weighted by Crippen LogP contribution is 2.21. The van der Waals surface area contributed by atoms with Crippen LogP contribution in [0.3, 0.4) is 0 Å². The normalized spacial score (nSPS) is 11.5. The van der Waals surface area contributed by atoms with Crippen molar-refractivity contribution in [3.8, 4) is 0 Å². The van der Waals surface area contributed by atoms with Crippen molar-refractivity contribution in [3.05, 3.63) is 29.6 Å². The van der Waals surface area contributed by atoms with Gasteiger partial charge in [-0.3, -0.25) is 0 Å². The van der Waals surface area contributed by atoms with Crippen molar-refractivity contribution in [2.24, 2.45) is 5.41 Å². The second-order valence-electron chi connectivity index (χ2n) is 4.61. The highest BCUT2D eigenvalue weighted by molar-refractivity contribution is 5.51. The van der Waals surface area contributed by atoms with Crippen LogP contribution in [-0.4, -0.2) is 18.3 Å². The minimum atomic E-state index is -0.247. The van der Waals surface area contributed by atoms with Gasteiger partial charge in [0.05, 0.1) is 5.69 Å². The average Bonchev–Trinajstić information content (AvgIpc) is 2.17. The molecule has 0 aromatic heterocycles. The Hall–Kier alpha value is -1.09. The highest BCUT2D eigenvalue weighted by Gasteiger charge is 2.17. The minimum Gasteiger partial charge on any atom is -0.396 e. The lowest BCUT2D eigenvalue weighted by Crippen LogP contribution is -2.27. The van der Waals surface area contributed by atoms with Gasteiger partial charge in [0.1, 0.15) is 5.82 Å². The van der Waals surface area contributed by atoms with Crippen LogP contribution in [0.4, 0.5) is 10.1 Å². The molecular weight excluding hydrogens is 193 g/mol. The van der Waals surface area contributed by atoms with E-state index in [2.05, 4.69) is 5.32 Å². The molecule has 84 valence electrons. The average molecular weight is 211 g/mol. The third kappa shape index (κ3) is 3.20. The van der Waals surface area contributed by atoms with Crippen molar-refractivity contribution in [1.82, 2.24) is 0 Å². The predicted octanol–water partition coefficient (Wildman–Crippen LogP) is 2.56. The van der Waals surface area contributed by atoms with Gasteiger partial charge in [-0.05, 0) is 18.6 Å². The molecule has 1 rings (SSSR count). The van der Waals surface area contributed by atoms with Gasteiger partial charge in [-0.25, -0.2) is 4.39 Å². The zero-order valence-electron chi connectivity index (χ0n) is 9.47. The zero-order chi connectivity index (χ0) is 11.5. The van der Waals surface area contributed by atoms with Crippen LogP contribution >= 0.6 is 0 Å². The molecule has 0 aliphatic heterocycles. The maximum atomic E-state index is 13.4. The van der Waals surface area contributed by atoms with E-state index < -0.39 is 0 Å². The third-order valence-electron chi connectivity index (χ3n) is 2.39. The lowest BCUT2D eigenvalue weighted by Gasteiger charge is -2.23. The molecule has 0 aliphatic rings. The van der Waals surface area contributed by atoms with Gasteiger partial charge < -0.3 is 10.4 Å². The van der Waals surface area contributed by atoms with Crippen molar-refractivity contribution < 1.29 is 9.50 Å². The molecule has 0 saturated carbocycles. The Morgan fingerprint density at radius 1 is 1.40 bits per heavy atom. The van der Waals surface area contributed by atoms with Gasteiger partial charge in [0.15, 0.2) is 0 Å². The molecule has 0 bridgehead atoms. The summed E-state index contributed by atoms with van der Waals surface area (Å²) in [6, 6.07) is 4.98. The zero-order valence-corrected chi connectivity index (χ0v) is 9.47. The second kappa shape index (κ2) is 4.62. The fourth-order valence-electron chi connectivity index (χ4n) is 1.24. The van der Waals surface area contributed by atoms with E-state index in [0.717, 1.165) is 5.56 Å². The predicted molar refractivity (Wildman–Crippen MR) is 60.5 cm³/mol. The molecule has 1 aromatic rings. The van der Waals surface area contributed by atoms with Gasteiger partial charge >= 0.3 is 0 Å². The summed E-state index contributed by atoms with van der Waals surface area (Å²) in [5, 5.41) is 12.1. The molecule has 0 spiro atoms. The first-order chi connectivity index (χ1) is 6.96.